The molecule has 1 unspecified atom stereocenters. The van der Waals surface area contributed by atoms with Gasteiger partial charge in [0.05, 0.1) is 18.5 Å². The lowest BCUT2D eigenvalue weighted by Crippen LogP contribution is -2.51. The molecule has 144 valence electrons. The molecule has 1 amide bonds. The summed E-state index contributed by atoms with van der Waals surface area (Å²) in [5.41, 5.74) is 0.535. The maximum absolute atomic E-state index is 12.9. The predicted molar refractivity (Wildman–Crippen MR) is 98.8 cm³/mol. The SMILES string of the molecule is CN(C)c1cc(C(=O)N2CCCC(S(=O)(=O)N3CCOCC3)C2)ccn1. The summed E-state index contributed by atoms with van der Waals surface area (Å²) in [6, 6.07) is 3.41. The fourth-order valence-corrected chi connectivity index (χ4v) is 5.27. The van der Waals surface area contributed by atoms with Crippen molar-refractivity contribution >= 4 is 21.7 Å². The second kappa shape index (κ2) is 7.89. The topological polar surface area (TPSA) is 83.1 Å². The summed E-state index contributed by atoms with van der Waals surface area (Å²) in [7, 11) is 0.311. The number of nitrogens with zero attached hydrogens (tertiary/aromatic N) is 4. The zero-order chi connectivity index (χ0) is 18.7. The number of pyridine rings is 1. The van der Waals surface area contributed by atoms with Gasteiger partial charge in [-0.1, -0.05) is 0 Å². The lowest BCUT2D eigenvalue weighted by Gasteiger charge is -2.36. The van der Waals surface area contributed by atoms with E-state index in [4.69, 9.17) is 4.74 Å². The average molecular weight is 382 g/mol. The van der Waals surface area contributed by atoms with Crippen molar-refractivity contribution in [1.82, 2.24) is 14.2 Å². The van der Waals surface area contributed by atoms with Crippen molar-refractivity contribution in [3.05, 3.63) is 23.9 Å². The van der Waals surface area contributed by atoms with Gasteiger partial charge in [0.15, 0.2) is 0 Å². The first kappa shape index (κ1) is 19.1. The van der Waals surface area contributed by atoms with E-state index in [2.05, 4.69) is 4.98 Å². The molecule has 3 rings (SSSR count). The third kappa shape index (κ3) is 3.99. The van der Waals surface area contributed by atoms with Crippen LogP contribution in [-0.2, 0) is 14.8 Å². The number of anilines is 1. The van der Waals surface area contributed by atoms with Crippen LogP contribution in [0.25, 0.3) is 0 Å². The van der Waals surface area contributed by atoms with Crippen LogP contribution in [0.15, 0.2) is 18.3 Å². The highest BCUT2D eigenvalue weighted by Crippen LogP contribution is 2.23. The van der Waals surface area contributed by atoms with Gasteiger partial charge in [-0.25, -0.2) is 13.4 Å². The quantitative estimate of drug-likeness (QED) is 0.750. The number of hydrogen-bond acceptors (Lipinski definition) is 6. The number of likely N-dealkylation sites (tertiary alicyclic amines) is 1. The molecule has 8 nitrogen and oxygen atoms in total. The van der Waals surface area contributed by atoms with Crippen molar-refractivity contribution in [3.8, 4) is 0 Å². The van der Waals surface area contributed by atoms with Crippen LogP contribution in [0, 0.1) is 0 Å². The van der Waals surface area contributed by atoms with Crippen LogP contribution in [0.5, 0.6) is 0 Å². The van der Waals surface area contributed by atoms with Crippen molar-refractivity contribution in [1.29, 1.82) is 0 Å². The van der Waals surface area contributed by atoms with E-state index in [9.17, 15) is 13.2 Å². The van der Waals surface area contributed by atoms with E-state index in [0.29, 0.717) is 57.1 Å². The molecule has 0 bridgehead atoms. The number of ether oxygens (including phenoxy) is 1. The second-order valence-electron chi connectivity index (χ2n) is 6.87. The molecule has 26 heavy (non-hydrogen) atoms. The van der Waals surface area contributed by atoms with E-state index in [-0.39, 0.29) is 12.5 Å². The number of hydrogen-bond donors (Lipinski definition) is 0. The summed E-state index contributed by atoms with van der Waals surface area (Å²) in [5.74, 6) is 0.558. The number of morpholine rings is 1. The van der Waals surface area contributed by atoms with Gasteiger partial charge < -0.3 is 14.5 Å². The number of amides is 1. The maximum atomic E-state index is 12.9. The van der Waals surface area contributed by atoms with Crippen LogP contribution in [0.2, 0.25) is 0 Å². The summed E-state index contributed by atoms with van der Waals surface area (Å²) in [6.45, 7) is 2.45. The molecular formula is C17H26N4O4S. The van der Waals surface area contributed by atoms with Crippen molar-refractivity contribution < 1.29 is 17.9 Å². The lowest BCUT2D eigenvalue weighted by atomic mass is 10.1. The highest BCUT2D eigenvalue weighted by Gasteiger charge is 2.37. The Labute approximate surface area is 154 Å². The van der Waals surface area contributed by atoms with Gasteiger partial charge in [0.25, 0.3) is 5.91 Å². The molecule has 2 aliphatic rings. The molecule has 1 aromatic heterocycles. The molecule has 2 saturated heterocycles. The molecule has 3 heterocycles. The van der Waals surface area contributed by atoms with E-state index in [0.717, 1.165) is 0 Å². The van der Waals surface area contributed by atoms with Crippen LogP contribution < -0.4 is 4.90 Å². The highest BCUT2D eigenvalue weighted by atomic mass is 32.2. The zero-order valence-electron chi connectivity index (χ0n) is 15.3. The first-order chi connectivity index (χ1) is 12.4. The number of piperidine rings is 1. The minimum atomic E-state index is -3.42. The summed E-state index contributed by atoms with van der Waals surface area (Å²) in [5, 5.41) is -0.548. The molecule has 0 N–H and O–H groups in total. The Kier molecular flexibility index (Phi) is 5.79. The minimum absolute atomic E-state index is 0.141. The smallest absolute Gasteiger partial charge is 0.254 e. The summed E-state index contributed by atoms with van der Waals surface area (Å²) in [4.78, 5) is 20.6. The standard InChI is InChI=1S/C17H26N4O4S/c1-19(2)16-12-14(5-6-18-16)17(22)20-7-3-4-15(13-20)26(23,24)21-8-10-25-11-9-21/h5-6,12,15H,3-4,7-11,13H2,1-2H3. The van der Waals surface area contributed by atoms with Gasteiger partial charge >= 0.3 is 0 Å². The molecule has 2 aliphatic heterocycles. The van der Waals surface area contributed by atoms with E-state index >= 15 is 0 Å². The largest absolute Gasteiger partial charge is 0.379 e. The normalized spacial score (nSPS) is 22.2. The van der Waals surface area contributed by atoms with Crippen molar-refractivity contribution in [3.63, 3.8) is 0 Å². The Balaban J connectivity index is 1.73. The van der Waals surface area contributed by atoms with E-state index in [1.165, 1.54) is 4.31 Å². The van der Waals surface area contributed by atoms with Gasteiger partial charge in [0.2, 0.25) is 10.0 Å². The number of carbonyl (C=O) groups excluding carboxylic acids is 1. The Hall–Kier alpha value is -1.71. The first-order valence-electron chi connectivity index (χ1n) is 8.89. The zero-order valence-corrected chi connectivity index (χ0v) is 16.1. The van der Waals surface area contributed by atoms with E-state index in [1.807, 2.05) is 19.0 Å². The summed E-state index contributed by atoms with van der Waals surface area (Å²) >= 11 is 0. The van der Waals surface area contributed by atoms with Gasteiger partial charge in [-0.2, -0.15) is 4.31 Å². The van der Waals surface area contributed by atoms with Crippen LogP contribution in [0.3, 0.4) is 0 Å². The Morgan fingerprint density at radius 3 is 2.69 bits per heavy atom. The molecule has 0 aromatic carbocycles. The molecule has 0 aliphatic carbocycles. The number of sulfonamides is 1. The monoisotopic (exact) mass is 382 g/mol. The Morgan fingerprint density at radius 1 is 1.27 bits per heavy atom. The minimum Gasteiger partial charge on any atom is -0.379 e. The van der Waals surface area contributed by atoms with Crippen LogP contribution in [-0.4, -0.2) is 87.3 Å². The molecule has 9 heteroatoms. The Morgan fingerprint density at radius 2 is 2.00 bits per heavy atom. The first-order valence-corrected chi connectivity index (χ1v) is 10.4. The molecular weight excluding hydrogens is 356 g/mol. The van der Waals surface area contributed by atoms with Crippen molar-refractivity contribution in [2.24, 2.45) is 0 Å². The van der Waals surface area contributed by atoms with Gasteiger partial charge in [-0.05, 0) is 25.0 Å². The molecule has 1 atom stereocenters. The van der Waals surface area contributed by atoms with Crippen LogP contribution >= 0.6 is 0 Å². The predicted octanol–water partition coefficient (Wildman–Crippen LogP) is 0.414. The second-order valence-corrected chi connectivity index (χ2v) is 9.08. The summed E-state index contributed by atoms with van der Waals surface area (Å²) in [6.07, 6.45) is 2.88. The van der Waals surface area contributed by atoms with Gasteiger partial charge in [0.1, 0.15) is 5.82 Å². The van der Waals surface area contributed by atoms with Crippen LogP contribution in [0.1, 0.15) is 23.2 Å². The molecule has 0 radical (unpaired) electrons. The third-order valence-electron chi connectivity index (χ3n) is 4.87. The fourth-order valence-electron chi connectivity index (χ4n) is 3.36. The van der Waals surface area contributed by atoms with Gasteiger partial charge in [0, 0.05) is 52.0 Å². The van der Waals surface area contributed by atoms with Gasteiger partial charge in [-0.15, -0.1) is 0 Å². The highest BCUT2D eigenvalue weighted by molar-refractivity contribution is 7.89. The summed E-state index contributed by atoms with van der Waals surface area (Å²) < 4.78 is 32.6. The molecule has 0 saturated carbocycles. The Bertz CT molecular complexity index is 747. The van der Waals surface area contributed by atoms with Crippen molar-refractivity contribution in [2.45, 2.75) is 18.1 Å². The lowest BCUT2D eigenvalue weighted by molar-refractivity contribution is 0.0686. The third-order valence-corrected chi connectivity index (χ3v) is 7.18. The van der Waals surface area contributed by atoms with Crippen LogP contribution in [0.4, 0.5) is 5.82 Å². The maximum Gasteiger partial charge on any atom is 0.254 e. The number of aromatic nitrogens is 1. The molecule has 0 spiro atoms. The van der Waals surface area contributed by atoms with E-state index in [1.54, 1.807) is 23.2 Å². The van der Waals surface area contributed by atoms with E-state index < -0.39 is 15.3 Å². The average Bonchev–Trinajstić information content (AvgIpc) is 2.68. The van der Waals surface area contributed by atoms with Gasteiger partial charge in [-0.3, -0.25) is 4.79 Å². The molecule has 2 fully saturated rings. The molecule has 1 aromatic rings. The number of rotatable bonds is 4. The van der Waals surface area contributed by atoms with Crippen molar-refractivity contribution in [2.75, 3.05) is 58.4 Å². The fraction of sp³-hybridized carbons (Fsp3) is 0.647. The number of carbonyl (C=O) groups is 1.